The van der Waals surface area contributed by atoms with Gasteiger partial charge in [-0.2, -0.15) is 0 Å². The summed E-state index contributed by atoms with van der Waals surface area (Å²) in [6, 6.07) is 0. The van der Waals surface area contributed by atoms with Crippen LogP contribution in [-0.2, 0) is 4.74 Å². The van der Waals surface area contributed by atoms with Crippen LogP contribution in [0.1, 0.15) is 0 Å². The van der Waals surface area contributed by atoms with E-state index in [4.69, 9.17) is 25.3 Å². The molecule has 0 aliphatic rings. The first-order valence-corrected chi connectivity index (χ1v) is 2.98. The van der Waals surface area contributed by atoms with Crippen LogP contribution in [0.2, 0.25) is 0 Å². The quantitative estimate of drug-likeness (QED) is 0.225. The van der Waals surface area contributed by atoms with Crippen LogP contribution in [-0.4, -0.2) is 59.0 Å². The summed E-state index contributed by atoms with van der Waals surface area (Å²) in [5.74, 6) is 0. The second-order valence-corrected chi connectivity index (χ2v) is 1.41. The van der Waals surface area contributed by atoms with Gasteiger partial charge in [0.2, 0.25) is 0 Å². The molecule has 0 aromatic heterocycles. The van der Waals surface area contributed by atoms with E-state index in [9.17, 15) is 0 Å². The van der Waals surface area contributed by atoms with Crippen molar-refractivity contribution in [1.29, 1.82) is 0 Å². The molecule has 0 fully saturated rings. The molecule has 0 spiro atoms. The zero-order valence-electron chi connectivity index (χ0n) is 6.05. The third kappa shape index (κ3) is 41.1. The Kier molecular flexibility index (Phi) is 15.2. The minimum absolute atomic E-state index is 0.0278. The highest BCUT2D eigenvalue weighted by molar-refractivity contribution is 6.30. The fraction of sp³-hybridized carbons (Fsp3) is 1.00. The zero-order valence-corrected chi connectivity index (χ0v) is 6.05. The third-order valence-corrected chi connectivity index (χ3v) is 0.471. The van der Waals surface area contributed by atoms with E-state index in [0.29, 0.717) is 13.2 Å². The molecule has 0 heterocycles. The van der Waals surface area contributed by atoms with Gasteiger partial charge in [0.05, 0.1) is 26.4 Å². The summed E-state index contributed by atoms with van der Waals surface area (Å²) in [6.07, 6.45) is 0. The molecule has 5 N–H and O–H groups in total. The Labute approximate surface area is 64.9 Å². The molecule has 0 saturated heterocycles. The predicted molar refractivity (Wildman–Crippen MR) is 37.4 cm³/mol. The van der Waals surface area contributed by atoms with Gasteiger partial charge in [-0.25, -0.2) is 0 Å². The lowest BCUT2D eigenvalue weighted by Gasteiger charge is -1.94. The van der Waals surface area contributed by atoms with Gasteiger partial charge < -0.3 is 30.0 Å². The zero-order chi connectivity index (χ0) is 9.11. The van der Waals surface area contributed by atoms with Gasteiger partial charge in [0, 0.05) is 0 Å². The monoisotopic (exact) mass is 168 g/mol. The van der Waals surface area contributed by atoms with E-state index in [1.165, 1.54) is 0 Å². The summed E-state index contributed by atoms with van der Waals surface area (Å²) in [5, 5.41) is 37.7. The van der Waals surface area contributed by atoms with E-state index >= 15 is 0 Å². The number of aliphatic hydroxyl groups is 2. The van der Waals surface area contributed by atoms with Crippen LogP contribution < -0.4 is 0 Å². The first-order chi connectivity index (χ1) is 5.15. The normalized spacial score (nSPS) is 8.45. The number of hydrogen-bond acceptors (Lipinski definition) is 6. The Hall–Kier alpha value is -0.175. The van der Waals surface area contributed by atoms with Crippen molar-refractivity contribution in [2.45, 2.75) is 0 Å². The Morgan fingerprint density at radius 3 is 1.36 bits per heavy atom. The van der Waals surface area contributed by atoms with Crippen molar-refractivity contribution >= 4 is 7.32 Å². The Balaban J connectivity index is 0. The highest BCUT2D eigenvalue weighted by Crippen LogP contribution is 1.68. The molecule has 0 unspecified atom stereocenters. The molecule has 0 radical (unpaired) electrons. The van der Waals surface area contributed by atoms with Crippen LogP contribution in [0.15, 0.2) is 0 Å². The Morgan fingerprint density at radius 2 is 1.18 bits per heavy atom. The average Bonchev–Trinajstić information content (AvgIpc) is 1.88. The number of rotatable bonds is 4. The summed E-state index contributed by atoms with van der Waals surface area (Å²) in [7, 11) is -2.17. The summed E-state index contributed by atoms with van der Waals surface area (Å²) >= 11 is 0. The topological polar surface area (TPSA) is 110 Å². The van der Waals surface area contributed by atoms with E-state index < -0.39 is 7.32 Å². The van der Waals surface area contributed by atoms with Crippen LogP contribution in [0.4, 0.5) is 0 Å². The average molecular weight is 168 g/mol. The van der Waals surface area contributed by atoms with Crippen molar-refractivity contribution in [2.75, 3.05) is 26.4 Å². The number of hydrogen-bond donors (Lipinski definition) is 5. The molecular weight excluding hydrogens is 155 g/mol. The van der Waals surface area contributed by atoms with Crippen molar-refractivity contribution in [3.8, 4) is 0 Å². The molecule has 11 heavy (non-hydrogen) atoms. The van der Waals surface area contributed by atoms with Crippen LogP contribution >= 0.6 is 0 Å². The first-order valence-electron chi connectivity index (χ1n) is 2.98. The standard InChI is InChI=1S/C4H10O3.BH3O3/c5-1-3-7-4-2-6;2-1(3)4/h5-6H,1-4H2;2-4H. The molecule has 0 rings (SSSR count). The maximum absolute atomic E-state index is 8.09. The van der Waals surface area contributed by atoms with E-state index in [1.54, 1.807) is 0 Å². The van der Waals surface area contributed by atoms with Gasteiger partial charge in [0.25, 0.3) is 0 Å². The lowest BCUT2D eigenvalue weighted by atomic mass is 10.3. The second kappa shape index (κ2) is 12.5. The molecule has 0 aromatic rings. The van der Waals surface area contributed by atoms with Gasteiger partial charge in [-0.15, -0.1) is 0 Å². The molecule has 6 nitrogen and oxygen atoms in total. The van der Waals surface area contributed by atoms with Crippen LogP contribution in [0, 0.1) is 0 Å². The highest BCUT2D eigenvalue weighted by Gasteiger charge is 1.92. The number of aliphatic hydroxyl groups excluding tert-OH is 2. The number of ether oxygens (including phenoxy) is 1. The summed E-state index contributed by atoms with van der Waals surface area (Å²) < 4.78 is 4.63. The van der Waals surface area contributed by atoms with E-state index in [0.717, 1.165) is 0 Å². The molecule has 0 aliphatic heterocycles. The van der Waals surface area contributed by atoms with E-state index in [-0.39, 0.29) is 13.2 Å². The minimum atomic E-state index is -2.17. The largest absolute Gasteiger partial charge is 0.631 e. The van der Waals surface area contributed by atoms with Crippen molar-refractivity contribution in [3.05, 3.63) is 0 Å². The molecule has 0 aliphatic carbocycles. The van der Waals surface area contributed by atoms with Gasteiger partial charge in [-0.05, 0) is 0 Å². The maximum atomic E-state index is 8.09. The molecular formula is C4H13BO6. The molecule has 0 bridgehead atoms. The molecule has 0 saturated carbocycles. The van der Waals surface area contributed by atoms with Gasteiger partial charge in [0.15, 0.2) is 0 Å². The molecule has 68 valence electrons. The Morgan fingerprint density at radius 1 is 0.909 bits per heavy atom. The van der Waals surface area contributed by atoms with Crippen molar-refractivity contribution in [1.82, 2.24) is 0 Å². The van der Waals surface area contributed by atoms with Crippen LogP contribution in [0.3, 0.4) is 0 Å². The lowest BCUT2D eigenvalue weighted by Crippen LogP contribution is -2.07. The smallest absolute Gasteiger partial charge is 0.402 e. The molecule has 7 heteroatoms. The third-order valence-electron chi connectivity index (χ3n) is 0.471. The van der Waals surface area contributed by atoms with Crippen molar-refractivity contribution in [3.63, 3.8) is 0 Å². The first kappa shape index (κ1) is 13.4. The fourth-order valence-corrected chi connectivity index (χ4v) is 0.231. The lowest BCUT2D eigenvalue weighted by molar-refractivity contribution is 0.0650. The maximum Gasteiger partial charge on any atom is 0.631 e. The summed E-state index contributed by atoms with van der Waals surface area (Å²) in [4.78, 5) is 0. The SMILES string of the molecule is OB(O)O.OCCOCCO. The fourth-order valence-electron chi connectivity index (χ4n) is 0.231. The Bertz CT molecular complexity index is 53.8. The van der Waals surface area contributed by atoms with Gasteiger partial charge in [0.1, 0.15) is 0 Å². The van der Waals surface area contributed by atoms with Crippen LogP contribution in [0.5, 0.6) is 0 Å². The summed E-state index contributed by atoms with van der Waals surface area (Å²) in [6.45, 7) is 0.696. The van der Waals surface area contributed by atoms with E-state index in [2.05, 4.69) is 4.74 Å². The molecule has 0 aromatic carbocycles. The highest BCUT2D eigenvalue weighted by atomic mass is 16.5. The van der Waals surface area contributed by atoms with Crippen molar-refractivity contribution < 1.29 is 30.0 Å². The molecule has 0 amide bonds. The second-order valence-electron chi connectivity index (χ2n) is 1.41. The van der Waals surface area contributed by atoms with Gasteiger partial charge in [-0.3, -0.25) is 0 Å². The van der Waals surface area contributed by atoms with Crippen LogP contribution in [0.25, 0.3) is 0 Å². The van der Waals surface area contributed by atoms with Gasteiger partial charge >= 0.3 is 7.32 Å². The minimum Gasteiger partial charge on any atom is -0.402 e. The van der Waals surface area contributed by atoms with Gasteiger partial charge in [-0.1, -0.05) is 0 Å². The summed E-state index contributed by atoms with van der Waals surface area (Å²) in [5.41, 5.74) is 0. The molecule has 0 atom stereocenters. The van der Waals surface area contributed by atoms with E-state index in [1.807, 2.05) is 0 Å². The van der Waals surface area contributed by atoms with Crippen molar-refractivity contribution in [2.24, 2.45) is 0 Å². The predicted octanol–water partition coefficient (Wildman–Crippen LogP) is -3.06.